The number of nitrogens with one attached hydrogen (secondary N) is 1. The first-order chi connectivity index (χ1) is 16.6. The van der Waals surface area contributed by atoms with Crippen LogP contribution in [0.15, 0.2) is 48.5 Å². The molecule has 0 radical (unpaired) electrons. The van der Waals surface area contributed by atoms with E-state index < -0.39 is 29.7 Å². The molecule has 0 aliphatic carbocycles. The molecular formula is C27H33ClF3NO3. The Morgan fingerprint density at radius 3 is 2.14 bits per heavy atom. The van der Waals surface area contributed by atoms with E-state index in [2.05, 4.69) is 12.2 Å². The van der Waals surface area contributed by atoms with Gasteiger partial charge in [0.2, 0.25) is 5.91 Å². The summed E-state index contributed by atoms with van der Waals surface area (Å²) in [4.78, 5) is 24.4. The van der Waals surface area contributed by atoms with Crippen molar-refractivity contribution in [2.75, 3.05) is 0 Å². The van der Waals surface area contributed by atoms with Crippen LogP contribution in [0.1, 0.15) is 75.7 Å². The monoisotopic (exact) mass is 511 g/mol. The third kappa shape index (κ3) is 8.57. The van der Waals surface area contributed by atoms with Crippen molar-refractivity contribution >= 4 is 23.5 Å². The fraction of sp³-hybridized carbons (Fsp3) is 0.481. The molecule has 2 aromatic rings. The first-order valence-corrected chi connectivity index (χ1v) is 12.4. The smallest absolute Gasteiger partial charge is 0.416 e. The van der Waals surface area contributed by atoms with Gasteiger partial charge in [-0.15, -0.1) is 0 Å². The lowest BCUT2D eigenvalue weighted by Crippen LogP contribution is -2.39. The highest BCUT2D eigenvalue weighted by molar-refractivity contribution is 6.31. The van der Waals surface area contributed by atoms with Gasteiger partial charge in [-0.1, -0.05) is 75.5 Å². The molecule has 2 atom stereocenters. The van der Waals surface area contributed by atoms with Gasteiger partial charge in [0.25, 0.3) is 0 Å². The van der Waals surface area contributed by atoms with Crippen LogP contribution in [0.4, 0.5) is 13.2 Å². The summed E-state index contributed by atoms with van der Waals surface area (Å²) in [6.07, 6.45) is -0.815. The molecule has 192 valence electrons. The van der Waals surface area contributed by atoms with Gasteiger partial charge in [-0.25, -0.2) is 0 Å². The van der Waals surface area contributed by atoms with Gasteiger partial charge in [0, 0.05) is 11.1 Å². The van der Waals surface area contributed by atoms with E-state index in [9.17, 15) is 22.8 Å². The molecule has 8 heteroatoms. The zero-order valence-electron chi connectivity index (χ0n) is 20.3. The number of amides is 1. The number of hydrogen-bond acceptors (Lipinski definition) is 3. The molecular weight excluding hydrogens is 479 g/mol. The van der Waals surface area contributed by atoms with Crippen molar-refractivity contribution in [2.24, 2.45) is 5.92 Å². The molecule has 3 rings (SSSR count). The lowest BCUT2D eigenvalue weighted by atomic mass is 9.93. The van der Waals surface area contributed by atoms with Crippen LogP contribution in [0.5, 0.6) is 0 Å². The number of cyclic esters (lactones) is 1. The number of hydrogen-bond donors (Lipinski definition) is 1. The number of esters is 1. The summed E-state index contributed by atoms with van der Waals surface area (Å²) in [6.45, 7) is 6.16. The molecule has 1 fully saturated rings. The second kappa shape index (κ2) is 13.5. The van der Waals surface area contributed by atoms with Crippen molar-refractivity contribution < 1.29 is 27.5 Å². The molecule has 1 amide bonds. The molecule has 35 heavy (non-hydrogen) atoms. The number of rotatable bonds is 8. The van der Waals surface area contributed by atoms with E-state index in [0.29, 0.717) is 5.56 Å². The molecule has 0 bridgehead atoms. The Kier molecular flexibility index (Phi) is 11.1. The highest BCUT2D eigenvalue weighted by Gasteiger charge is 2.41. The maximum atomic E-state index is 12.7. The van der Waals surface area contributed by atoms with E-state index in [-0.39, 0.29) is 18.4 Å². The molecule has 1 aliphatic rings. The summed E-state index contributed by atoms with van der Waals surface area (Å²) in [5, 5.41) is 3.84. The number of ether oxygens (including phenoxy) is 1. The van der Waals surface area contributed by atoms with Crippen LogP contribution in [0.3, 0.4) is 0 Å². The first kappa shape index (κ1) is 28.7. The SMILES string of the molecule is CCCC(CCC)NC(=O)[C@@H]1CC(=O)O[C@H]1c1ccc(C(F)(F)F)cc1.CCc1ccccc1Cl. The highest BCUT2D eigenvalue weighted by atomic mass is 35.5. The number of halogens is 4. The minimum absolute atomic E-state index is 0.0291. The fourth-order valence-electron chi connectivity index (χ4n) is 4.03. The lowest BCUT2D eigenvalue weighted by Gasteiger charge is -2.22. The standard InChI is InChI=1S/C19H24F3NO3.C8H9Cl/c1-3-5-14(6-4-2)23-18(25)15-11-16(24)26-17(15)12-7-9-13(10-8-12)19(20,21)22;1-2-7-5-3-4-6-8(7)9/h7-10,14-15,17H,3-6,11H2,1-2H3,(H,23,25);3-6H,2H2,1H3/t15-,17+;/m1./s1. The van der Waals surface area contributed by atoms with E-state index in [0.717, 1.165) is 49.3 Å². The molecule has 2 aromatic carbocycles. The number of alkyl halides is 3. The average Bonchev–Trinajstić information content (AvgIpc) is 3.21. The second-order valence-corrected chi connectivity index (χ2v) is 8.98. The molecule has 1 saturated heterocycles. The van der Waals surface area contributed by atoms with Crippen molar-refractivity contribution in [1.82, 2.24) is 5.32 Å². The van der Waals surface area contributed by atoms with E-state index in [1.54, 1.807) is 0 Å². The molecule has 1 N–H and O–H groups in total. The van der Waals surface area contributed by atoms with Gasteiger partial charge in [-0.2, -0.15) is 13.2 Å². The molecule has 0 aromatic heterocycles. The third-order valence-electron chi connectivity index (χ3n) is 5.87. The van der Waals surface area contributed by atoms with Gasteiger partial charge in [0.15, 0.2) is 0 Å². The van der Waals surface area contributed by atoms with Crippen LogP contribution < -0.4 is 5.32 Å². The summed E-state index contributed by atoms with van der Waals surface area (Å²) in [6, 6.07) is 12.3. The maximum absolute atomic E-state index is 12.7. The summed E-state index contributed by atoms with van der Waals surface area (Å²) in [5.41, 5.74) is 0.836. The quantitative estimate of drug-likeness (QED) is 0.378. The Morgan fingerprint density at radius 2 is 1.66 bits per heavy atom. The molecule has 0 saturated carbocycles. The van der Waals surface area contributed by atoms with Crippen molar-refractivity contribution in [3.63, 3.8) is 0 Å². The second-order valence-electron chi connectivity index (χ2n) is 8.57. The van der Waals surface area contributed by atoms with Gasteiger partial charge in [-0.3, -0.25) is 9.59 Å². The molecule has 1 heterocycles. The Labute approximate surface area is 210 Å². The Hall–Kier alpha value is -2.54. The van der Waals surface area contributed by atoms with Crippen molar-refractivity contribution in [3.8, 4) is 0 Å². The predicted molar refractivity (Wildman–Crippen MR) is 131 cm³/mol. The number of benzene rings is 2. The minimum atomic E-state index is -4.44. The van der Waals surface area contributed by atoms with Crippen molar-refractivity contribution in [2.45, 2.75) is 77.6 Å². The summed E-state index contributed by atoms with van der Waals surface area (Å²) in [5.74, 6) is -1.53. The Balaban J connectivity index is 0.000000402. The maximum Gasteiger partial charge on any atom is 0.416 e. The lowest BCUT2D eigenvalue weighted by molar-refractivity contribution is -0.142. The summed E-state index contributed by atoms with van der Waals surface area (Å²) >= 11 is 5.82. The van der Waals surface area contributed by atoms with Crippen LogP contribution in [0, 0.1) is 5.92 Å². The van der Waals surface area contributed by atoms with E-state index >= 15 is 0 Å². The van der Waals surface area contributed by atoms with Crippen LogP contribution in [-0.4, -0.2) is 17.9 Å². The molecule has 1 aliphatic heterocycles. The number of aryl methyl sites for hydroxylation is 1. The molecule has 0 spiro atoms. The first-order valence-electron chi connectivity index (χ1n) is 12.0. The van der Waals surface area contributed by atoms with Crippen molar-refractivity contribution in [3.05, 3.63) is 70.2 Å². The van der Waals surface area contributed by atoms with E-state index in [1.807, 2.05) is 38.1 Å². The van der Waals surface area contributed by atoms with E-state index in [4.69, 9.17) is 16.3 Å². The van der Waals surface area contributed by atoms with Gasteiger partial charge >= 0.3 is 12.1 Å². The largest absolute Gasteiger partial charge is 0.457 e. The zero-order chi connectivity index (χ0) is 26.0. The van der Waals surface area contributed by atoms with Crippen LogP contribution >= 0.6 is 11.6 Å². The number of carbonyl (C=O) groups excluding carboxylic acids is 2. The minimum Gasteiger partial charge on any atom is -0.457 e. The topological polar surface area (TPSA) is 55.4 Å². The van der Waals surface area contributed by atoms with Crippen molar-refractivity contribution in [1.29, 1.82) is 0 Å². The summed E-state index contributed by atoms with van der Waals surface area (Å²) < 4.78 is 43.3. The van der Waals surface area contributed by atoms with Gasteiger partial charge < -0.3 is 10.1 Å². The van der Waals surface area contributed by atoms with Gasteiger partial charge in [0.05, 0.1) is 17.9 Å². The molecule has 4 nitrogen and oxygen atoms in total. The van der Waals surface area contributed by atoms with Crippen LogP contribution in [-0.2, 0) is 26.9 Å². The van der Waals surface area contributed by atoms with Crippen LogP contribution in [0.25, 0.3) is 0 Å². The van der Waals surface area contributed by atoms with Crippen LogP contribution in [0.2, 0.25) is 5.02 Å². The summed E-state index contributed by atoms with van der Waals surface area (Å²) in [7, 11) is 0. The average molecular weight is 512 g/mol. The number of carbonyl (C=O) groups is 2. The zero-order valence-corrected chi connectivity index (χ0v) is 21.1. The fourth-order valence-corrected chi connectivity index (χ4v) is 4.30. The molecule has 0 unspecified atom stereocenters. The van der Waals surface area contributed by atoms with Gasteiger partial charge in [-0.05, 0) is 48.6 Å². The Bertz CT molecular complexity index is 957. The third-order valence-corrected chi connectivity index (χ3v) is 6.24. The highest BCUT2D eigenvalue weighted by Crippen LogP contribution is 2.37. The van der Waals surface area contributed by atoms with E-state index in [1.165, 1.54) is 17.7 Å². The Morgan fingerprint density at radius 1 is 1.06 bits per heavy atom. The normalized spacial score (nSPS) is 17.5. The van der Waals surface area contributed by atoms with Gasteiger partial charge in [0.1, 0.15) is 6.10 Å². The predicted octanol–water partition coefficient (Wildman–Crippen LogP) is 7.30.